The van der Waals surface area contributed by atoms with Crippen LogP contribution in [-0.2, 0) is 14.3 Å². The first-order valence-corrected chi connectivity index (χ1v) is 4.41. The maximum atomic E-state index is 11.4. The Morgan fingerprint density at radius 1 is 1.64 bits per heavy atom. The van der Waals surface area contributed by atoms with Crippen LogP contribution in [0.2, 0.25) is 0 Å². The third-order valence-corrected chi connectivity index (χ3v) is 2.04. The summed E-state index contributed by atoms with van der Waals surface area (Å²) in [5.74, 6) is -1.29. The second-order valence-electron chi connectivity index (χ2n) is 3.27. The van der Waals surface area contributed by atoms with Gasteiger partial charge in [0.1, 0.15) is 0 Å². The van der Waals surface area contributed by atoms with Crippen LogP contribution in [0.5, 0.6) is 0 Å². The summed E-state index contributed by atoms with van der Waals surface area (Å²) < 4.78 is 4.97. The molecule has 1 amide bonds. The minimum absolute atomic E-state index is 0.0791. The van der Waals surface area contributed by atoms with Crippen LogP contribution in [0.1, 0.15) is 6.92 Å². The summed E-state index contributed by atoms with van der Waals surface area (Å²) in [6.07, 6.45) is -0.925. The lowest BCUT2D eigenvalue weighted by molar-refractivity contribution is -0.159. The molecular formula is C8H14N2O4. The summed E-state index contributed by atoms with van der Waals surface area (Å²) in [6.45, 7) is 2.31. The Hall–Kier alpha value is -1.14. The van der Waals surface area contributed by atoms with Gasteiger partial charge in [0.2, 0.25) is 5.91 Å². The fraction of sp³-hybridized carbons (Fsp3) is 0.750. The normalized spacial score (nSPS) is 24.4. The monoisotopic (exact) mass is 202 g/mol. The lowest BCUT2D eigenvalue weighted by atomic mass is 10.2. The molecule has 0 saturated carbocycles. The Morgan fingerprint density at radius 3 is 2.79 bits per heavy atom. The molecule has 14 heavy (non-hydrogen) atoms. The van der Waals surface area contributed by atoms with Gasteiger partial charge < -0.3 is 20.5 Å². The van der Waals surface area contributed by atoms with Gasteiger partial charge in [-0.1, -0.05) is 0 Å². The predicted molar refractivity (Wildman–Crippen MR) is 47.6 cm³/mol. The van der Waals surface area contributed by atoms with Crippen LogP contribution in [-0.4, -0.2) is 53.7 Å². The molecule has 1 fully saturated rings. The van der Waals surface area contributed by atoms with Crippen molar-refractivity contribution in [1.29, 1.82) is 0 Å². The molecule has 0 aromatic heterocycles. The maximum Gasteiger partial charge on any atom is 0.334 e. The molecular weight excluding hydrogens is 188 g/mol. The fourth-order valence-corrected chi connectivity index (χ4v) is 1.29. The van der Waals surface area contributed by atoms with Crippen molar-refractivity contribution in [3.63, 3.8) is 0 Å². The largest absolute Gasteiger partial charge is 0.479 e. The Morgan fingerprint density at radius 2 is 2.29 bits per heavy atom. The van der Waals surface area contributed by atoms with E-state index in [9.17, 15) is 9.59 Å². The first kappa shape index (κ1) is 10.9. The highest BCUT2D eigenvalue weighted by Crippen LogP contribution is 2.06. The smallest absolute Gasteiger partial charge is 0.334 e. The molecule has 0 radical (unpaired) electrons. The predicted octanol–water partition coefficient (Wildman–Crippen LogP) is -1.35. The number of aliphatic carboxylic acids is 1. The average molecular weight is 202 g/mol. The maximum absolute atomic E-state index is 11.4. The molecule has 0 spiro atoms. The Labute approximate surface area is 81.6 Å². The van der Waals surface area contributed by atoms with E-state index in [0.29, 0.717) is 6.54 Å². The second kappa shape index (κ2) is 4.39. The third kappa shape index (κ3) is 2.43. The van der Waals surface area contributed by atoms with E-state index in [-0.39, 0.29) is 19.1 Å². The first-order valence-electron chi connectivity index (χ1n) is 4.41. The van der Waals surface area contributed by atoms with Crippen molar-refractivity contribution in [3.05, 3.63) is 0 Å². The van der Waals surface area contributed by atoms with Gasteiger partial charge in [-0.05, 0) is 6.92 Å². The highest BCUT2D eigenvalue weighted by atomic mass is 16.5. The third-order valence-electron chi connectivity index (χ3n) is 2.04. The van der Waals surface area contributed by atoms with Crippen LogP contribution < -0.4 is 5.73 Å². The van der Waals surface area contributed by atoms with Crippen LogP contribution in [0.4, 0.5) is 0 Å². The number of carboxylic acid groups (broad SMARTS) is 1. The molecule has 6 heteroatoms. The van der Waals surface area contributed by atoms with Crippen molar-refractivity contribution in [2.45, 2.75) is 19.1 Å². The highest BCUT2D eigenvalue weighted by Gasteiger charge is 2.29. The minimum Gasteiger partial charge on any atom is -0.479 e. The van der Waals surface area contributed by atoms with Gasteiger partial charge in [0.05, 0.1) is 19.2 Å². The van der Waals surface area contributed by atoms with Gasteiger partial charge >= 0.3 is 5.97 Å². The van der Waals surface area contributed by atoms with Gasteiger partial charge in [0.25, 0.3) is 0 Å². The van der Waals surface area contributed by atoms with Crippen molar-refractivity contribution in [3.8, 4) is 0 Å². The van der Waals surface area contributed by atoms with Crippen LogP contribution in [0.25, 0.3) is 0 Å². The first-order chi connectivity index (χ1) is 6.52. The molecule has 2 atom stereocenters. The molecule has 1 heterocycles. The molecule has 1 aliphatic rings. The number of ether oxygens (including phenoxy) is 1. The highest BCUT2D eigenvalue weighted by molar-refractivity contribution is 5.82. The van der Waals surface area contributed by atoms with Crippen LogP contribution in [0.15, 0.2) is 0 Å². The lowest BCUT2D eigenvalue weighted by Gasteiger charge is -2.31. The van der Waals surface area contributed by atoms with Gasteiger partial charge in [-0.2, -0.15) is 0 Å². The van der Waals surface area contributed by atoms with Crippen molar-refractivity contribution in [2.24, 2.45) is 5.73 Å². The number of morpholine rings is 1. The SMILES string of the molecule is CC(N)C(=O)N1CCOC(C(=O)O)C1. The zero-order valence-electron chi connectivity index (χ0n) is 7.97. The number of amides is 1. The summed E-state index contributed by atoms with van der Waals surface area (Å²) in [4.78, 5) is 23.4. The van der Waals surface area contributed by atoms with E-state index in [1.165, 1.54) is 4.90 Å². The molecule has 2 unspecified atom stereocenters. The molecule has 80 valence electrons. The zero-order chi connectivity index (χ0) is 10.7. The van der Waals surface area contributed by atoms with Gasteiger partial charge in [-0.15, -0.1) is 0 Å². The molecule has 3 N–H and O–H groups in total. The van der Waals surface area contributed by atoms with Crippen molar-refractivity contribution in [2.75, 3.05) is 19.7 Å². The summed E-state index contributed by atoms with van der Waals surface area (Å²) in [5.41, 5.74) is 5.41. The molecule has 0 aromatic rings. The average Bonchev–Trinajstić information content (AvgIpc) is 2.16. The van der Waals surface area contributed by atoms with E-state index >= 15 is 0 Å². The summed E-state index contributed by atoms with van der Waals surface area (Å²) in [5, 5.41) is 8.68. The summed E-state index contributed by atoms with van der Waals surface area (Å²) in [6, 6.07) is -0.595. The molecule has 0 aliphatic carbocycles. The topological polar surface area (TPSA) is 92.9 Å². The number of nitrogens with two attached hydrogens (primary N) is 1. The number of hydrogen-bond acceptors (Lipinski definition) is 4. The van der Waals surface area contributed by atoms with Gasteiger partial charge in [-0.25, -0.2) is 4.79 Å². The van der Waals surface area contributed by atoms with E-state index in [0.717, 1.165) is 0 Å². The van der Waals surface area contributed by atoms with E-state index < -0.39 is 18.1 Å². The number of rotatable bonds is 2. The molecule has 1 rings (SSSR count). The Balaban J connectivity index is 2.56. The molecule has 6 nitrogen and oxygen atoms in total. The number of carbonyl (C=O) groups is 2. The number of carboxylic acids is 1. The number of nitrogens with zero attached hydrogens (tertiary/aromatic N) is 1. The Bertz CT molecular complexity index is 241. The van der Waals surface area contributed by atoms with E-state index in [4.69, 9.17) is 15.6 Å². The quantitative estimate of drug-likeness (QED) is 0.577. The summed E-state index contributed by atoms with van der Waals surface area (Å²) in [7, 11) is 0. The minimum atomic E-state index is -1.05. The number of hydrogen-bond donors (Lipinski definition) is 2. The molecule has 0 bridgehead atoms. The van der Waals surface area contributed by atoms with Gasteiger partial charge in [0, 0.05) is 6.54 Å². The molecule has 1 aliphatic heterocycles. The number of carbonyl (C=O) groups excluding carboxylic acids is 1. The van der Waals surface area contributed by atoms with Gasteiger partial charge in [-0.3, -0.25) is 4.79 Å². The van der Waals surface area contributed by atoms with Crippen molar-refractivity contribution in [1.82, 2.24) is 4.90 Å². The van der Waals surface area contributed by atoms with Crippen LogP contribution in [0, 0.1) is 0 Å². The second-order valence-corrected chi connectivity index (χ2v) is 3.27. The molecule has 0 aromatic carbocycles. The molecule has 1 saturated heterocycles. The van der Waals surface area contributed by atoms with E-state index in [1.54, 1.807) is 6.92 Å². The lowest BCUT2D eigenvalue weighted by Crippen LogP contribution is -2.52. The van der Waals surface area contributed by atoms with Crippen molar-refractivity contribution >= 4 is 11.9 Å². The zero-order valence-corrected chi connectivity index (χ0v) is 7.97. The van der Waals surface area contributed by atoms with E-state index in [2.05, 4.69) is 0 Å². The Kier molecular flexibility index (Phi) is 3.43. The van der Waals surface area contributed by atoms with Crippen molar-refractivity contribution < 1.29 is 19.4 Å². The standard InChI is InChI=1S/C8H14N2O4/c1-5(9)7(11)10-2-3-14-6(4-10)8(12)13/h5-6H,2-4,9H2,1H3,(H,12,13). The van der Waals surface area contributed by atoms with E-state index in [1.807, 2.05) is 0 Å². The van der Waals surface area contributed by atoms with Crippen LogP contribution >= 0.6 is 0 Å². The summed E-state index contributed by atoms with van der Waals surface area (Å²) >= 11 is 0. The fourth-order valence-electron chi connectivity index (χ4n) is 1.29. The van der Waals surface area contributed by atoms with Gasteiger partial charge in [0.15, 0.2) is 6.10 Å². The van der Waals surface area contributed by atoms with Crippen LogP contribution in [0.3, 0.4) is 0 Å².